The van der Waals surface area contributed by atoms with Crippen molar-refractivity contribution in [2.75, 3.05) is 6.54 Å². The van der Waals surface area contributed by atoms with E-state index in [-0.39, 0.29) is 34.7 Å². The average molecular weight is 379 g/mol. The first kappa shape index (κ1) is 18.8. The fourth-order valence-corrected chi connectivity index (χ4v) is 4.75. The van der Waals surface area contributed by atoms with Crippen molar-refractivity contribution in [2.45, 2.75) is 61.9 Å². The van der Waals surface area contributed by atoms with Gasteiger partial charge in [0.05, 0.1) is 22.9 Å². The first-order chi connectivity index (χ1) is 12.3. The third-order valence-electron chi connectivity index (χ3n) is 5.23. The van der Waals surface area contributed by atoms with Crippen LogP contribution >= 0.6 is 0 Å². The first-order valence-corrected chi connectivity index (χ1v) is 10.5. The molecule has 0 radical (unpaired) electrons. The molecule has 1 spiro atoms. The molecule has 2 amide bonds. The second-order valence-corrected chi connectivity index (χ2v) is 8.81. The van der Waals surface area contributed by atoms with Crippen LogP contribution in [0.4, 0.5) is 0 Å². The zero-order chi connectivity index (χ0) is 18.8. The molecule has 26 heavy (non-hydrogen) atoms. The Balaban J connectivity index is 1.61. The number of hydrogen-bond donors (Lipinski definition) is 3. The van der Waals surface area contributed by atoms with Gasteiger partial charge in [-0.05, 0) is 43.4 Å². The predicted octanol–water partition coefficient (Wildman–Crippen LogP) is 0.845. The zero-order valence-corrected chi connectivity index (χ0v) is 15.7. The van der Waals surface area contributed by atoms with Gasteiger partial charge in [0.2, 0.25) is 21.8 Å². The van der Waals surface area contributed by atoms with E-state index < -0.39 is 10.0 Å². The maximum atomic E-state index is 12.4. The third kappa shape index (κ3) is 3.91. The average Bonchev–Trinajstić information content (AvgIpc) is 2.55. The minimum atomic E-state index is -3.49. The van der Waals surface area contributed by atoms with Gasteiger partial charge in [-0.1, -0.05) is 19.1 Å². The highest BCUT2D eigenvalue weighted by Gasteiger charge is 2.48. The summed E-state index contributed by atoms with van der Waals surface area (Å²) >= 11 is 0. The SMILES string of the molecule is CCNS(=O)(=O)c1ccc(CC(=O)NC2CCC(=O)NC23CCC3)cc1. The summed E-state index contributed by atoms with van der Waals surface area (Å²) in [6.45, 7) is 2.05. The Bertz CT molecular complexity index is 785. The van der Waals surface area contributed by atoms with Crippen LogP contribution in [0.3, 0.4) is 0 Å². The van der Waals surface area contributed by atoms with Crippen LogP contribution in [0, 0.1) is 0 Å². The lowest BCUT2D eigenvalue weighted by atomic mass is 9.68. The molecule has 1 saturated heterocycles. The van der Waals surface area contributed by atoms with Gasteiger partial charge < -0.3 is 10.6 Å². The van der Waals surface area contributed by atoms with E-state index in [1.165, 1.54) is 12.1 Å². The maximum absolute atomic E-state index is 12.4. The molecule has 1 heterocycles. The highest BCUT2D eigenvalue weighted by molar-refractivity contribution is 7.89. The molecule has 1 aliphatic carbocycles. The van der Waals surface area contributed by atoms with E-state index in [1.807, 2.05) is 0 Å². The summed E-state index contributed by atoms with van der Waals surface area (Å²) in [6.07, 6.45) is 4.15. The van der Waals surface area contributed by atoms with Gasteiger partial charge in [-0.15, -0.1) is 0 Å². The van der Waals surface area contributed by atoms with E-state index in [9.17, 15) is 18.0 Å². The summed E-state index contributed by atoms with van der Waals surface area (Å²) in [5.41, 5.74) is 0.481. The molecular weight excluding hydrogens is 354 g/mol. The summed E-state index contributed by atoms with van der Waals surface area (Å²) in [7, 11) is -3.49. The highest BCUT2D eigenvalue weighted by Crippen LogP contribution is 2.38. The molecule has 7 nitrogen and oxygen atoms in total. The summed E-state index contributed by atoms with van der Waals surface area (Å²) in [4.78, 5) is 24.3. The van der Waals surface area contributed by atoms with Crippen LogP contribution in [0.2, 0.25) is 0 Å². The molecule has 2 aliphatic rings. The molecule has 3 N–H and O–H groups in total. The summed E-state index contributed by atoms with van der Waals surface area (Å²) in [5, 5.41) is 6.12. The lowest BCUT2D eigenvalue weighted by Gasteiger charge is -2.51. The summed E-state index contributed by atoms with van der Waals surface area (Å²) in [6, 6.07) is 6.30. The normalized spacial score (nSPS) is 21.7. The first-order valence-electron chi connectivity index (χ1n) is 9.04. The number of benzene rings is 1. The predicted molar refractivity (Wildman–Crippen MR) is 96.9 cm³/mol. The molecule has 1 saturated carbocycles. The van der Waals surface area contributed by atoms with Gasteiger partial charge in [0, 0.05) is 13.0 Å². The lowest BCUT2D eigenvalue weighted by Crippen LogP contribution is -2.68. The molecule has 0 bridgehead atoms. The Morgan fingerprint density at radius 2 is 1.96 bits per heavy atom. The Morgan fingerprint density at radius 3 is 2.54 bits per heavy atom. The van der Waals surface area contributed by atoms with Crippen molar-refractivity contribution in [1.29, 1.82) is 0 Å². The second kappa shape index (κ2) is 7.36. The minimum Gasteiger partial charge on any atom is -0.351 e. The number of amides is 2. The molecule has 142 valence electrons. The largest absolute Gasteiger partial charge is 0.351 e. The number of sulfonamides is 1. The number of carbonyl (C=O) groups is 2. The molecule has 8 heteroatoms. The number of piperidine rings is 1. The summed E-state index contributed by atoms with van der Waals surface area (Å²) in [5.74, 6) is -0.0487. The standard InChI is InChI=1S/C18H25N3O4S/c1-2-19-26(24,25)14-6-4-13(5-7-14)12-17(23)20-15-8-9-16(22)21-18(15)10-3-11-18/h4-7,15,19H,2-3,8-12H2,1H3,(H,20,23)(H,21,22). The smallest absolute Gasteiger partial charge is 0.240 e. The van der Waals surface area contributed by atoms with E-state index in [0.717, 1.165) is 24.8 Å². The van der Waals surface area contributed by atoms with Crippen molar-refractivity contribution < 1.29 is 18.0 Å². The van der Waals surface area contributed by atoms with Crippen molar-refractivity contribution in [3.8, 4) is 0 Å². The van der Waals surface area contributed by atoms with Crippen molar-refractivity contribution in [2.24, 2.45) is 0 Å². The van der Waals surface area contributed by atoms with Crippen LogP contribution in [-0.2, 0) is 26.0 Å². The van der Waals surface area contributed by atoms with Gasteiger partial charge in [0.1, 0.15) is 0 Å². The molecular formula is C18H25N3O4S. The zero-order valence-electron chi connectivity index (χ0n) is 14.9. The van der Waals surface area contributed by atoms with E-state index in [2.05, 4.69) is 15.4 Å². The van der Waals surface area contributed by atoms with Crippen LogP contribution in [0.15, 0.2) is 29.2 Å². The van der Waals surface area contributed by atoms with Gasteiger partial charge >= 0.3 is 0 Å². The van der Waals surface area contributed by atoms with Crippen LogP contribution in [0.1, 0.15) is 44.6 Å². The molecule has 1 aromatic carbocycles. The van der Waals surface area contributed by atoms with Crippen molar-refractivity contribution in [3.63, 3.8) is 0 Å². The Hall–Kier alpha value is -1.93. The van der Waals surface area contributed by atoms with Crippen molar-refractivity contribution in [1.82, 2.24) is 15.4 Å². The van der Waals surface area contributed by atoms with E-state index >= 15 is 0 Å². The monoisotopic (exact) mass is 379 g/mol. The summed E-state index contributed by atoms with van der Waals surface area (Å²) < 4.78 is 26.3. The fraction of sp³-hybridized carbons (Fsp3) is 0.556. The van der Waals surface area contributed by atoms with Gasteiger partial charge in [0.15, 0.2) is 0 Å². The molecule has 3 rings (SSSR count). The molecule has 1 unspecified atom stereocenters. The van der Waals surface area contributed by atoms with E-state index in [4.69, 9.17) is 0 Å². The van der Waals surface area contributed by atoms with Crippen molar-refractivity contribution in [3.05, 3.63) is 29.8 Å². The van der Waals surface area contributed by atoms with Crippen LogP contribution in [0.5, 0.6) is 0 Å². The number of rotatable bonds is 6. The molecule has 0 aromatic heterocycles. The fourth-order valence-electron chi connectivity index (χ4n) is 3.71. The van der Waals surface area contributed by atoms with Crippen LogP contribution < -0.4 is 15.4 Å². The molecule has 1 atom stereocenters. The quantitative estimate of drug-likeness (QED) is 0.681. The van der Waals surface area contributed by atoms with Gasteiger partial charge in [-0.3, -0.25) is 9.59 Å². The second-order valence-electron chi connectivity index (χ2n) is 7.04. The topological polar surface area (TPSA) is 104 Å². The maximum Gasteiger partial charge on any atom is 0.240 e. The Labute approximate surface area is 154 Å². The van der Waals surface area contributed by atoms with Gasteiger partial charge in [0.25, 0.3) is 0 Å². The third-order valence-corrected chi connectivity index (χ3v) is 6.79. The van der Waals surface area contributed by atoms with E-state index in [1.54, 1.807) is 19.1 Å². The Morgan fingerprint density at radius 1 is 1.27 bits per heavy atom. The minimum absolute atomic E-state index is 0.0325. The number of carbonyl (C=O) groups excluding carboxylic acids is 2. The lowest BCUT2D eigenvalue weighted by molar-refractivity contribution is -0.131. The number of nitrogens with one attached hydrogen (secondary N) is 3. The van der Waals surface area contributed by atoms with Gasteiger partial charge in [-0.2, -0.15) is 0 Å². The highest BCUT2D eigenvalue weighted by atomic mass is 32.2. The van der Waals surface area contributed by atoms with Crippen LogP contribution in [0.25, 0.3) is 0 Å². The molecule has 2 fully saturated rings. The Kier molecular flexibility index (Phi) is 5.34. The molecule has 1 aliphatic heterocycles. The van der Waals surface area contributed by atoms with Crippen LogP contribution in [-0.4, -0.2) is 38.4 Å². The molecule has 1 aromatic rings. The van der Waals surface area contributed by atoms with Gasteiger partial charge in [-0.25, -0.2) is 13.1 Å². The van der Waals surface area contributed by atoms with E-state index in [0.29, 0.717) is 19.4 Å². The van der Waals surface area contributed by atoms with Crippen molar-refractivity contribution >= 4 is 21.8 Å². The number of hydrogen-bond acceptors (Lipinski definition) is 4.